The number of urea groups is 1. The highest BCUT2D eigenvalue weighted by molar-refractivity contribution is 7.09. The van der Waals surface area contributed by atoms with Gasteiger partial charge in [0.2, 0.25) is 0 Å². The predicted molar refractivity (Wildman–Crippen MR) is 96.6 cm³/mol. The molecule has 24 heavy (non-hydrogen) atoms. The van der Waals surface area contributed by atoms with Crippen LogP contribution < -0.4 is 4.90 Å². The smallest absolute Gasteiger partial charge is 0.324 e. The van der Waals surface area contributed by atoms with Crippen molar-refractivity contribution in [2.24, 2.45) is 0 Å². The molecule has 0 bridgehead atoms. The van der Waals surface area contributed by atoms with E-state index in [2.05, 4.69) is 23.6 Å². The van der Waals surface area contributed by atoms with Crippen molar-refractivity contribution in [2.45, 2.75) is 31.9 Å². The fraction of sp³-hybridized carbons (Fsp3) is 0.421. The van der Waals surface area contributed by atoms with Gasteiger partial charge in [-0.3, -0.25) is 4.90 Å². The molecular formula is C19H22N2O2S. The third-order valence-electron chi connectivity index (χ3n) is 4.76. The van der Waals surface area contributed by atoms with Gasteiger partial charge in [0, 0.05) is 30.3 Å². The summed E-state index contributed by atoms with van der Waals surface area (Å²) in [6.45, 7) is 2.92. The van der Waals surface area contributed by atoms with Gasteiger partial charge >= 0.3 is 6.03 Å². The van der Waals surface area contributed by atoms with E-state index >= 15 is 0 Å². The molecule has 3 heterocycles. The van der Waals surface area contributed by atoms with Gasteiger partial charge in [-0.1, -0.05) is 24.3 Å². The molecule has 4 rings (SSSR count). The zero-order valence-electron chi connectivity index (χ0n) is 13.7. The number of carbonyl (C=O) groups is 1. The number of fused-ring (bicyclic) bond motifs is 1. The van der Waals surface area contributed by atoms with E-state index < -0.39 is 0 Å². The maximum Gasteiger partial charge on any atom is 0.324 e. The topological polar surface area (TPSA) is 32.8 Å². The average molecular weight is 342 g/mol. The highest BCUT2D eigenvalue weighted by atomic mass is 32.1. The second kappa shape index (κ2) is 6.95. The number of rotatable bonds is 4. The van der Waals surface area contributed by atoms with Crippen molar-refractivity contribution in [3.05, 3.63) is 52.2 Å². The third-order valence-corrected chi connectivity index (χ3v) is 5.62. The fourth-order valence-corrected chi connectivity index (χ4v) is 4.26. The summed E-state index contributed by atoms with van der Waals surface area (Å²) in [6, 6.07) is 12.5. The molecule has 1 saturated heterocycles. The maximum absolute atomic E-state index is 13.2. The molecule has 0 spiro atoms. The number of hydrogen-bond donors (Lipinski definition) is 0. The van der Waals surface area contributed by atoms with Gasteiger partial charge in [0.05, 0.1) is 12.6 Å². The molecule has 1 aromatic heterocycles. The van der Waals surface area contributed by atoms with Crippen molar-refractivity contribution in [1.82, 2.24) is 4.90 Å². The zero-order chi connectivity index (χ0) is 16.4. The van der Waals surface area contributed by atoms with E-state index in [-0.39, 0.29) is 12.1 Å². The van der Waals surface area contributed by atoms with E-state index in [0.717, 1.165) is 38.1 Å². The van der Waals surface area contributed by atoms with Crippen LogP contribution in [0, 0.1) is 0 Å². The number of ether oxygens (including phenoxy) is 1. The summed E-state index contributed by atoms with van der Waals surface area (Å²) >= 11 is 1.70. The molecule has 126 valence electrons. The van der Waals surface area contributed by atoms with Gasteiger partial charge in [-0.05, 0) is 42.3 Å². The van der Waals surface area contributed by atoms with Gasteiger partial charge in [0.1, 0.15) is 0 Å². The number of amides is 2. The van der Waals surface area contributed by atoms with Crippen LogP contribution in [0.3, 0.4) is 0 Å². The summed E-state index contributed by atoms with van der Waals surface area (Å²) in [7, 11) is 0. The summed E-state index contributed by atoms with van der Waals surface area (Å²) in [5, 5.41) is 2.06. The second-order valence-electron chi connectivity index (χ2n) is 6.41. The van der Waals surface area contributed by atoms with Crippen LogP contribution in [0.1, 0.15) is 23.3 Å². The van der Waals surface area contributed by atoms with Crippen molar-refractivity contribution >= 4 is 23.1 Å². The molecule has 2 aromatic rings. The Balaban J connectivity index is 1.54. The fourth-order valence-electron chi connectivity index (χ4n) is 3.54. The summed E-state index contributed by atoms with van der Waals surface area (Å²) in [5.74, 6) is 0. The van der Waals surface area contributed by atoms with Gasteiger partial charge < -0.3 is 9.64 Å². The second-order valence-corrected chi connectivity index (χ2v) is 7.44. The van der Waals surface area contributed by atoms with Gasteiger partial charge in [-0.15, -0.1) is 11.3 Å². The van der Waals surface area contributed by atoms with Crippen LogP contribution in [0.5, 0.6) is 0 Å². The van der Waals surface area contributed by atoms with Crippen molar-refractivity contribution < 1.29 is 9.53 Å². The summed E-state index contributed by atoms with van der Waals surface area (Å²) in [4.78, 5) is 18.3. The van der Waals surface area contributed by atoms with E-state index in [0.29, 0.717) is 13.1 Å². The third kappa shape index (κ3) is 3.19. The molecular weight excluding hydrogens is 320 g/mol. The number of carbonyl (C=O) groups excluding carboxylic acids is 1. The van der Waals surface area contributed by atoms with Gasteiger partial charge in [0.15, 0.2) is 0 Å². The lowest BCUT2D eigenvalue weighted by Gasteiger charge is -2.30. The number of para-hydroxylation sites is 1. The quantitative estimate of drug-likeness (QED) is 0.844. The predicted octanol–water partition coefficient (Wildman–Crippen LogP) is 3.91. The Labute approximate surface area is 146 Å². The van der Waals surface area contributed by atoms with E-state index in [1.807, 2.05) is 28.0 Å². The molecule has 2 aliphatic heterocycles. The Kier molecular flexibility index (Phi) is 4.54. The first-order valence-corrected chi connectivity index (χ1v) is 9.47. The Morgan fingerprint density at radius 3 is 3.00 bits per heavy atom. The molecule has 0 aliphatic carbocycles. The molecule has 0 saturated carbocycles. The number of thiophene rings is 1. The van der Waals surface area contributed by atoms with E-state index in [9.17, 15) is 4.79 Å². The first-order chi connectivity index (χ1) is 11.8. The standard InChI is InChI=1S/C19H22N2O2S/c22-19(21-10-9-15-5-1-2-8-18(15)21)20(13-16-6-3-11-23-16)14-17-7-4-12-24-17/h1-2,4-5,7-8,12,16H,3,6,9-11,13-14H2. The van der Waals surface area contributed by atoms with Crippen LogP contribution in [0.15, 0.2) is 41.8 Å². The first kappa shape index (κ1) is 15.7. The Morgan fingerprint density at radius 1 is 1.29 bits per heavy atom. The summed E-state index contributed by atoms with van der Waals surface area (Å²) < 4.78 is 5.78. The normalized spacial score (nSPS) is 19.5. The number of hydrogen-bond acceptors (Lipinski definition) is 3. The highest BCUT2D eigenvalue weighted by Gasteiger charge is 2.30. The summed E-state index contributed by atoms with van der Waals surface area (Å²) in [5.41, 5.74) is 2.32. The van der Waals surface area contributed by atoms with E-state index in [1.54, 1.807) is 11.3 Å². The van der Waals surface area contributed by atoms with Crippen LogP contribution in [-0.2, 0) is 17.7 Å². The Bertz CT molecular complexity index is 695. The SMILES string of the molecule is O=C(N(Cc1cccs1)CC1CCCO1)N1CCc2ccccc21. The van der Waals surface area contributed by atoms with E-state index in [4.69, 9.17) is 4.74 Å². The van der Waals surface area contributed by atoms with Crippen LogP contribution in [-0.4, -0.2) is 36.7 Å². The molecule has 0 radical (unpaired) electrons. The zero-order valence-corrected chi connectivity index (χ0v) is 14.5. The van der Waals surface area contributed by atoms with Gasteiger partial charge in [-0.2, -0.15) is 0 Å². The van der Waals surface area contributed by atoms with Gasteiger partial charge in [0.25, 0.3) is 0 Å². The van der Waals surface area contributed by atoms with Crippen LogP contribution in [0.25, 0.3) is 0 Å². The average Bonchev–Trinajstić information content (AvgIpc) is 3.35. The molecule has 0 N–H and O–H groups in total. The van der Waals surface area contributed by atoms with Crippen LogP contribution in [0.2, 0.25) is 0 Å². The van der Waals surface area contributed by atoms with Crippen molar-refractivity contribution in [3.8, 4) is 0 Å². The number of nitrogens with zero attached hydrogens (tertiary/aromatic N) is 2. The van der Waals surface area contributed by atoms with Crippen molar-refractivity contribution in [1.29, 1.82) is 0 Å². The largest absolute Gasteiger partial charge is 0.376 e. The maximum atomic E-state index is 13.2. The minimum atomic E-state index is 0.101. The summed E-state index contributed by atoms with van der Waals surface area (Å²) in [6.07, 6.45) is 3.25. The van der Waals surface area contributed by atoms with Crippen LogP contribution >= 0.6 is 11.3 Å². The van der Waals surface area contributed by atoms with Crippen LogP contribution in [0.4, 0.5) is 10.5 Å². The van der Waals surface area contributed by atoms with Gasteiger partial charge in [-0.25, -0.2) is 4.79 Å². The molecule has 2 aliphatic rings. The number of anilines is 1. The molecule has 5 heteroatoms. The monoisotopic (exact) mass is 342 g/mol. The Morgan fingerprint density at radius 2 is 2.21 bits per heavy atom. The van der Waals surface area contributed by atoms with Crippen molar-refractivity contribution in [3.63, 3.8) is 0 Å². The number of benzene rings is 1. The highest BCUT2D eigenvalue weighted by Crippen LogP contribution is 2.29. The molecule has 1 atom stereocenters. The van der Waals surface area contributed by atoms with Crippen molar-refractivity contribution in [2.75, 3.05) is 24.6 Å². The molecule has 2 amide bonds. The first-order valence-electron chi connectivity index (χ1n) is 8.59. The molecule has 4 nitrogen and oxygen atoms in total. The lowest BCUT2D eigenvalue weighted by Crippen LogP contribution is -2.45. The lowest BCUT2D eigenvalue weighted by atomic mass is 10.2. The molecule has 1 fully saturated rings. The van der Waals surface area contributed by atoms with E-state index in [1.165, 1.54) is 10.4 Å². The minimum Gasteiger partial charge on any atom is -0.376 e. The molecule has 1 aromatic carbocycles. The minimum absolute atomic E-state index is 0.101. The Hall–Kier alpha value is -1.85. The molecule has 1 unspecified atom stereocenters. The lowest BCUT2D eigenvalue weighted by molar-refractivity contribution is 0.0810.